The van der Waals surface area contributed by atoms with Crippen LogP contribution in [-0.2, 0) is 4.74 Å². The van der Waals surface area contributed by atoms with E-state index in [2.05, 4.69) is 4.98 Å². The molecule has 0 spiro atoms. The van der Waals surface area contributed by atoms with Crippen molar-refractivity contribution in [1.82, 2.24) is 4.98 Å². The third kappa shape index (κ3) is 3.31. The van der Waals surface area contributed by atoms with Crippen molar-refractivity contribution in [2.45, 2.75) is 13.8 Å². The van der Waals surface area contributed by atoms with Crippen LogP contribution in [0.5, 0.6) is 11.5 Å². The third-order valence-electron chi connectivity index (χ3n) is 3.41. The number of hydrogen-bond acceptors (Lipinski definition) is 4. The number of nitrogens with zero attached hydrogens (tertiary/aromatic N) is 1. The average molecular weight is 307 g/mol. The van der Waals surface area contributed by atoms with Gasteiger partial charge < -0.3 is 9.47 Å². The number of carbonyl (C=O) groups is 1. The standard InChI is InChI=1S/C19H17NO3/c1-3-22-19(21)17-12-18(15-6-4-5-7-16(15)20-17)23-14-10-8-13(2)9-11-14/h4-12H,3H2,1-2H3. The largest absolute Gasteiger partial charge is 0.461 e. The molecule has 0 N–H and O–H groups in total. The van der Waals surface area contributed by atoms with E-state index in [4.69, 9.17) is 9.47 Å². The Morgan fingerprint density at radius 3 is 2.57 bits per heavy atom. The van der Waals surface area contributed by atoms with Crippen molar-refractivity contribution < 1.29 is 14.3 Å². The van der Waals surface area contributed by atoms with Gasteiger partial charge in [-0.1, -0.05) is 29.8 Å². The highest BCUT2D eigenvalue weighted by molar-refractivity contribution is 5.94. The highest BCUT2D eigenvalue weighted by Gasteiger charge is 2.14. The molecule has 0 aliphatic rings. The summed E-state index contributed by atoms with van der Waals surface area (Å²) in [4.78, 5) is 16.4. The summed E-state index contributed by atoms with van der Waals surface area (Å²) in [6, 6.07) is 16.9. The summed E-state index contributed by atoms with van der Waals surface area (Å²) in [5, 5.41) is 0.848. The fourth-order valence-electron chi connectivity index (χ4n) is 2.27. The molecule has 0 amide bonds. The van der Waals surface area contributed by atoms with Crippen LogP contribution in [0, 0.1) is 6.92 Å². The van der Waals surface area contributed by atoms with Gasteiger partial charge >= 0.3 is 5.97 Å². The van der Waals surface area contributed by atoms with Crippen LogP contribution < -0.4 is 4.74 Å². The quantitative estimate of drug-likeness (QED) is 0.665. The Balaban J connectivity index is 2.06. The number of benzene rings is 2. The summed E-state index contributed by atoms with van der Waals surface area (Å²) in [5.41, 5.74) is 2.09. The van der Waals surface area contributed by atoms with E-state index in [0.717, 1.165) is 10.9 Å². The fraction of sp³-hybridized carbons (Fsp3) is 0.158. The van der Waals surface area contributed by atoms with Crippen molar-refractivity contribution >= 4 is 16.9 Å². The van der Waals surface area contributed by atoms with Gasteiger partial charge in [-0.15, -0.1) is 0 Å². The molecule has 0 bridgehead atoms. The highest BCUT2D eigenvalue weighted by Crippen LogP contribution is 2.30. The Hall–Kier alpha value is -2.88. The van der Waals surface area contributed by atoms with Gasteiger partial charge in [0, 0.05) is 11.5 Å². The van der Waals surface area contributed by atoms with Crippen molar-refractivity contribution in [2.75, 3.05) is 6.61 Å². The lowest BCUT2D eigenvalue weighted by atomic mass is 10.1. The third-order valence-corrected chi connectivity index (χ3v) is 3.41. The van der Waals surface area contributed by atoms with E-state index >= 15 is 0 Å². The number of hydrogen-bond donors (Lipinski definition) is 0. The number of carbonyl (C=O) groups excluding carboxylic acids is 1. The zero-order valence-corrected chi connectivity index (χ0v) is 13.1. The first-order valence-electron chi connectivity index (χ1n) is 7.49. The Bertz CT molecular complexity index is 841. The lowest BCUT2D eigenvalue weighted by molar-refractivity contribution is 0.0519. The number of pyridine rings is 1. The summed E-state index contributed by atoms with van der Waals surface area (Å²) in [5.74, 6) is 0.844. The number of rotatable bonds is 4. The van der Waals surface area contributed by atoms with E-state index in [0.29, 0.717) is 23.6 Å². The van der Waals surface area contributed by atoms with Gasteiger partial charge in [-0.2, -0.15) is 0 Å². The fourth-order valence-corrected chi connectivity index (χ4v) is 2.27. The van der Waals surface area contributed by atoms with E-state index in [9.17, 15) is 4.79 Å². The minimum Gasteiger partial charge on any atom is -0.461 e. The Labute approximate surface area is 134 Å². The molecule has 0 unspecified atom stereocenters. The van der Waals surface area contributed by atoms with E-state index in [1.165, 1.54) is 0 Å². The lowest BCUT2D eigenvalue weighted by Gasteiger charge is -2.11. The van der Waals surface area contributed by atoms with E-state index in [1.807, 2.05) is 55.5 Å². The van der Waals surface area contributed by atoms with E-state index < -0.39 is 5.97 Å². The maximum Gasteiger partial charge on any atom is 0.357 e. The molecule has 0 aliphatic heterocycles. The van der Waals surface area contributed by atoms with Crippen LogP contribution >= 0.6 is 0 Å². The van der Waals surface area contributed by atoms with Crippen LogP contribution in [0.1, 0.15) is 23.0 Å². The van der Waals surface area contributed by atoms with Gasteiger partial charge in [0.1, 0.15) is 11.5 Å². The maximum atomic E-state index is 12.0. The van der Waals surface area contributed by atoms with Gasteiger partial charge in [-0.05, 0) is 38.1 Å². The number of para-hydroxylation sites is 1. The smallest absolute Gasteiger partial charge is 0.357 e. The molecule has 0 fully saturated rings. The summed E-state index contributed by atoms with van der Waals surface area (Å²) in [6.45, 7) is 4.09. The molecule has 0 atom stereocenters. The molecule has 3 rings (SSSR count). The monoisotopic (exact) mass is 307 g/mol. The van der Waals surface area contributed by atoms with Crippen molar-refractivity contribution in [3.8, 4) is 11.5 Å². The van der Waals surface area contributed by atoms with Gasteiger partial charge in [-0.3, -0.25) is 0 Å². The van der Waals surface area contributed by atoms with Gasteiger partial charge in [0.15, 0.2) is 5.69 Å². The zero-order chi connectivity index (χ0) is 16.2. The molecule has 0 radical (unpaired) electrons. The zero-order valence-electron chi connectivity index (χ0n) is 13.1. The average Bonchev–Trinajstić information content (AvgIpc) is 2.57. The number of esters is 1. The second kappa shape index (κ2) is 6.48. The lowest BCUT2D eigenvalue weighted by Crippen LogP contribution is -2.07. The Kier molecular flexibility index (Phi) is 4.24. The minimum atomic E-state index is -0.452. The van der Waals surface area contributed by atoms with Crippen LogP contribution in [0.15, 0.2) is 54.6 Å². The van der Waals surface area contributed by atoms with Crippen molar-refractivity contribution in [3.05, 3.63) is 65.9 Å². The van der Waals surface area contributed by atoms with Crippen molar-refractivity contribution in [3.63, 3.8) is 0 Å². The molecule has 0 aliphatic carbocycles. The van der Waals surface area contributed by atoms with Crippen LogP contribution in [-0.4, -0.2) is 17.6 Å². The summed E-state index contributed by atoms with van der Waals surface area (Å²) in [7, 11) is 0. The predicted octanol–water partition coefficient (Wildman–Crippen LogP) is 4.51. The first-order valence-corrected chi connectivity index (χ1v) is 7.49. The topological polar surface area (TPSA) is 48.4 Å². The van der Waals surface area contributed by atoms with E-state index in [-0.39, 0.29) is 5.69 Å². The second-order valence-electron chi connectivity index (χ2n) is 5.16. The first-order chi connectivity index (χ1) is 11.2. The van der Waals surface area contributed by atoms with Crippen LogP contribution in [0.25, 0.3) is 10.9 Å². The van der Waals surface area contributed by atoms with Crippen LogP contribution in [0.4, 0.5) is 0 Å². The van der Waals surface area contributed by atoms with Gasteiger partial charge in [-0.25, -0.2) is 9.78 Å². The molecule has 116 valence electrons. The molecule has 1 heterocycles. The summed E-state index contributed by atoms with van der Waals surface area (Å²) >= 11 is 0. The molecular weight excluding hydrogens is 290 g/mol. The van der Waals surface area contributed by atoms with Crippen LogP contribution in [0.2, 0.25) is 0 Å². The number of aryl methyl sites for hydroxylation is 1. The van der Waals surface area contributed by atoms with Crippen molar-refractivity contribution in [1.29, 1.82) is 0 Å². The molecule has 0 saturated carbocycles. The molecular formula is C19H17NO3. The normalized spacial score (nSPS) is 10.5. The van der Waals surface area contributed by atoms with E-state index in [1.54, 1.807) is 13.0 Å². The van der Waals surface area contributed by atoms with Gasteiger partial charge in [0.25, 0.3) is 0 Å². The Morgan fingerprint density at radius 2 is 1.83 bits per heavy atom. The molecule has 0 saturated heterocycles. The molecule has 3 aromatic rings. The maximum absolute atomic E-state index is 12.0. The number of aromatic nitrogens is 1. The second-order valence-corrected chi connectivity index (χ2v) is 5.16. The molecule has 23 heavy (non-hydrogen) atoms. The predicted molar refractivity (Wildman–Crippen MR) is 89.0 cm³/mol. The summed E-state index contributed by atoms with van der Waals surface area (Å²) < 4.78 is 11.0. The molecule has 4 heteroatoms. The Morgan fingerprint density at radius 1 is 1.09 bits per heavy atom. The number of fused-ring (bicyclic) bond motifs is 1. The number of ether oxygens (including phenoxy) is 2. The molecule has 1 aromatic heterocycles. The first kappa shape index (κ1) is 15.0. The van der Waals surface area contributed by atoms with Crippen molar-refractivity contribution in [2.24, 2.45) is 0 Å². The van der Waals surface area contributed by atoms with Crippen LogP contribution in [0.3, 0.4) is 0 Å². The summed E-state index contributed by atoms with van der Waals surface area (Å²) in [6.07, 6.45) is 0. The molecule has 2 aromatic carbocycles. The van der Waals surface area contributed by atoms with Gasteiger partial charge in [0.2, 0.25) is 0 Å². The highest BCUT2D eigenvalue weighted by atomic mass is 16.5. The minimum absolute atomic E-state index is 0.243. The molecule has 4 nitrogen and oxygen atoms in total. The SMILES string of the molecule is CCOC(=O)c1cc(Oc2ccc(C)cc2)c2ccccc2n1. The van der Waals surface area contributed by atoms with Gasteiger partial charge in [0.05, 0.1) is 12.1 Å².